The van der Waals surface area contributed by atoms with Crippen molar-refractivity contribution in [2.75, 3.05) is 0 Å². The Bertz CT molecular complexity index is 323. The van der Waals surface area contributed by atoms with Crippen molar-refractivity contribution in [3.05, 3.63) is 29.8 Å². The Morgan fingerprint density at radius 2 is 2.00 bits per heavy atom. The molecule has 0 spiro atoms. The molecule has 1 aliphatic rings. The average molecular weight is 213 g/mol. The van der Waals surface area contributed by atoms with Gasteiger partial charge in [0.1, 0.15) is 11.4 Å². The van der Waals surface area contributed by atoms with Crippen LogP contribution in [0.5, 0.6) is 5.75 Å². The zero-order valence-electron chi connectivity index (χ0n) is 8.25. The lowest BCUT2D eigenvalue weighted by molar-refractivity contribution is -0.0710. The van der Waals surface area contributed by atoms with Crippen molar-refractivity contribution in [2.24, 2.45) is 0 Å². The Morgan fingerprint density at radius 3 is 2.71 bits per heavy atom. The van der Waals surface area contributed by atoms with Crippen LogP contribution in [0.4, 0.5) is 0 Å². The SMILES string of the molecule is CC1(C)Oc2ccccc2CC1(O)Cl. The molecule has 1 aliphatic heterocycles. The maximum absolute atomic E-state index is 9.99. The molecule has 1 unspecified atom stereocenters. The van der Waals surface area contributed by atoms with Gasteiger partial charge < -0.3 is 9.84 Å². The van der Waals surface area contributed by atoms with Crippen molar-refractivity contribution < 1.29 is 9.84 Å². The highest BCUT2D eigenvalue weighted by molar-refractivity contribution is 6.23. The van der Waals surface area contributed by atoms with Crippen molar-refractivity contribution in [3.8, 4) is 5.75 Å². The Hall–Kier alpha value is -0.730. The third-order valence-electron chi connectivity index (χ3n) is 2.68. The lowest BCUT2D eigenvalue weighted by Gasteiger charge is -2.42. The van der Waals surface area contributed by atoms with Gasteiger partial charge in [-0.05, 0) is 25.5 Å². The summed E-state index contributed by atoms with van der Waals surface area (Å²) in [5.74, 6) is 0.808. The molecule has 0 aromatic heterocycles. The number of rotatable bonds is 0. The molecule has 0 fully saturated rings. The molecule has 1 aromatic rings. The van der Waals surface area contributed by atoms with Gasteiger partial charge in [0.05, 0.1) is 0 Å². The fraction of sp³-hybridized carbons (Fsp3) is 0.455. The fourth-order valence-corrected chi connectivity index (χ4v) is 1.75. The van der Waals surface area contributed by atoms with Crippen LogP contribution in [0.25, 0.3) is 0 Å². The number of ether oxygens (including phenoxy) is 1. The summed E-state index contributed by atoms with van der Waals surface area (Å²) in [5, 5.41) is 8.66. The van der Waals surface area contributed by atoms with Crippen LogP contribution >= 0.6 is 11.6 Å². The molecule has 1 aromatic carbocycles. The minimum Gasteiger partial charge on any atom is -0.483 e. The minimum absolute atomic E-state index is 0.414. The molecule has 0 aliphatic carbocycles. The maximum Gasteiger partial charge on any atom is 0.181 e. The zero-order chi connectivity index (χ0) is 10.4. The number of aliphatic hydroxyl groups is 1. The number of alkyl halides is 1. The third-order valence-corrected chi connectivity index (χ3v) is 3.27. The highest BCUT2D eigenvalue weighted by Crippen LogP contribution is 2.41. The van der Waals surface area contributed by atoms with Crippen LogP contribution in [0.3, 0.4) is 0 Å². The quantitative estimate of drug-likeness (QED) is 0.669. The van der Waals surface area contributed by atoms with E-state index in [1.807, 2.05) is 24.3 Å². The van der Waals surface area contributed by atoms with E-state index in [1.165, 1.54) is 0 Å². The molecule has 2 rings (SSSR count). The Morgan fingerprint density at radius 1 is 1.36 bits per heavy atom. The smallest absolute Gasteiger partial charge is 0.181 e. The summed E-state index contributed by atoms with van der Waals surface area (Å²) in [7, 11) is 0. The lowest BCUT2D eigenvalue weighted by atomic mass is 9.90. The van der Waals surface area contributed by atoms with Gasteiger partial charge in [0.25, 0.3) is 0 Å². The van der Waals surface area contributed by atoms with E-state index < -0.39 is 10.7 Å². The van der Waals surface area contributed by atoms with Crippen molar-refractivity contribution in [3.63, 3.8) is 0 Å². The number of benzene rings is 1. The first-order valence-electron chi connectivity index (χ1n) is 4.61. The number of para-hydroxylation sites is 1. The lowest BCUT2D eigenvalue weighted by Crippen LogP contribution is -2.54. The molecule has 76 valence electrons. The second-order valence-electron chi connectivity index (χ2n) is 4.16. The third kappa shape index (κ3) is 1.39. The summed E-state index contributed by atoms with van der Waals surface area (Å²) in [4.78, 5) is 0. The standard InChI is InChI=1S/C11H13ClO2/c1-10(2)11(12,13)7-8-5-3-4-6-9(8)14-10/h3-6,13H,7H2,1-2H3. The van der Waals surface area contributed by atoms with Crippen molar-refractivity contribution >= 4 is 11.6 Å². The first-order chi connectivity index (χ1) is 6.42. The van der Waals surface area contributed by atoms with Crippen LogP contribution in [-0.2, 0) is 6.42 Å². The van der Waals surface area contributed by atoms with E-state index in [-0.39, 0.29) is 0 Å². The van der Waals surface area contributed by atoms with Gasteiger partial charge in [0.2, 0.25) is 0 Å². The van der Waals surface area contributed by atoms with E-state index in [1.54, 1.807) is 13.8 Å². The van der Waals surface area contributed by atoms with Crippen LogP contribution in [0.2, 0.25) is 0 Å². The molecule has 0 bridgehead atoms. The van der Waals surface area contributed by atoms with Crippen LogP contribution < -0.4 is 4.74 Å². The minimum atomic E-state index is -1.33. The second kappa shape index (κ2) is 2.88. The summed E-state index contributed by atoms with van der Waals surface area (Å²) in [6, 6.07) is 7.63. The Kier molecular flexibility index (Phi) is 2.02. The van der Waals surface area contributed by atoms with Gasteiger partial charge in [-0.25, -0.2) is 0 Å². The molecule has 1 N–H and O–H groups in total. The van der Waals surface area contributed by atoms with Gasteiger partial charge in [-0.1, -0.05) is 29.8 Å². The molecule has 0 saturated carbocycles. The number of halogens is 1. The van der Waals surface area contributed by atoms with Gasteiger partial charge in [-0.2, -0.15) is 0 Å². The zero-order valence-corrected chi connectivity index (χ0v) is 9.01. The van der Waals surface area contributed by atoms with Crippen molar-refractivity contribution in [1.82, 2.24) is 0 Å². The highest BCUT2D eigenvalue weighted by Gasteiger charge is 2.47. The summed E-state index contributed by atoms with van der Waals surface area (Å²) >= 11 is 6.02. The molecule has 0 amide bonds. The Balaban J connectivity index is 2.46. The molecular formula is C11H13ClO2. The first-order valence-corrected chi connectivity index (χ1v) is 4.98. The molecule has 3 heteroatoms. The largest absolute Gasteiger partial charge is 0.483 e. The number of hydrogen-bond acceptors (Lipinski definition) is 2. The van der Waals surface area contributed by atoms with Gasteiger partial charge in [-0.3, -0.25) is 0 Å². The maximum atomic E-state index is 9.99. The number of fused-ring (bicyclic) bond motifs is 1. The van der Waals surface area contributed by atoms with Gasteiger partial charge in [-0.15, -0.1) is 0 Å². The van der Waals surface area contributed by atoms with Gasteiger partial charge in [0, 0.05) is 6.42 Å². The molecule has 14 heavy (non-hydrogen) atoms. The molecule has 1 heterocycles. The van der Waals surface area contributed by atoms with E-state index in [0.717, 1.165) is 11.3 Å². The monoisotopic (exact) mass is 212 g/mol. The summed E-state index contributed by atoms with van der Waals surface area (Å²) in [6.07, 6.45) is 0.414. The summed E-state index contributed by atoms with van der Waals surface area (Å²) < 4.78 is 5.65. The van der Waals surface area contributed by atoms with Crippen LogP contribution in [-0.4, -0.2) is 15.8 Å². The van der Waals surface area contributed by atoms with Crippen LogP contribution in [0.1, 0.15) is 19.4 Å². The molecule has 0 saturated heterocycles. The van der Waals surface area contributed by atoms with Crippen LogP contribution in [0.15, 0.2) is 24.3 Å². The normalized spacial score (nSPS) is 29.1. The predicted octanol–water partition coefficient (Wildman–Crippen LogP) is 2.33. The predicted molar refractivity (Wildman–Crippen MR) is 55.7 cm³/mol. The van der Waals surface area contributed by atoms with Gasteiger partial charge >= 0.3 is 0 Å². The molecule has 1 atom stereocenters. The Labute approximate surface area is 88.5 Å². The van der Waals surface area contributed by atoms with Gasteiger partial charge in [0.15, 0.2) is 5.06 Å². The van der Waals surface area contributed by atoms with Crippen molar-refractivity contribution in [1.29, 1.82) is 0 Å². The first kappa shape index (κ1) is 9.81. The highest BCUT2D eigenvalue weighted by atomic mass is 35.5. The summed E-state index contributed by atoms with van der Waals surface area (Å²) in [5.41, 5.74) is 0.187. The van der Waals surface area contributed by atoms with E-state index >= 15 is 0 Å². The fourth-order valence-electron chi connectivity index (χ4n) is 1.57. The topological polar surface area (TPSA) is 29.5 Å². The van der Waals surface area contributed by atoms with E-state index in [2.05, 4.69) is 0 Å². The van der Waals surface area contributed by atoms with Crippen LogP contribution in [0, 0.1) is 0 Å². The molecule has 0 radical (unpaired) electrons. The van der Waals surface area contributed by atoms with E-state index in [4.69, 9.17) is 16.3 Å². The average Bonchev–Trinajstić information content (AvgIpc) is 2.05. The number of hydrogen-bond donors (Lipinski definition) is 1. The van der Waals surface area contributed by atoms with E-state index in [0.29, 0.717) is 6.42 Å². The molecular weight excluding hydrogens is 200 g/mol. The van der Waals surface area contributed by atoms with E-state index in [9.17, 15) is 5.11 Å². The molecule has 2 nitrogen and oxygen atoms in total. The summed E-state index contributed by atoms with van der Waals surface area (Å²) in [6.45, 7) is 3.58. The second-order valence-corrected chi connectivity index (χ2v) is 4.78. The van der Waals surface area contributed by atoms with Crippen molar-refractivity contribution in [2.45, 2.75) is 30.9 Å².